The number of halogens is 4. The number of anilines is 2. The normalized spacial score (nSPS) is 16.6. The summed E-state index contributed by atoms with van der Waals surface area (Å²) in [4.78, 5) is 34.3. The summed E-state index contributed by atoms with van der Waals surface area (Å²) in [5, 5.41) is 5.49. The SMILES string of the molecule is CCC(=O)Nc1cc(C(=O)N[C@@H]2CCCN(c3ncc(C(F)(F)F)cc3Cl)C2)cc(C)n1. The van der Waals surface area contributed by atoms with E-state index >= 15 is 0 Å². The molecule has 1 atom stereocenters. The highest BCUT2D eigenvalue weighted by Gasteiger charge is 2.32. The zero-order chi connectivity index (χ0) is 23.5. The van der Waals surface area contributed by atoms with E-state index in [1.54, 1.807) is 24.8 Å². The summed E-state index contributed by atoms with van der Waals surface area (Å²) in [6, 6.07) is 3.73. The van der Waals surface area contributed by atoms with Crippen LogP contribution < -0.4 is 15.5 Å². The van der Waals surface area contributed by atoms with E-state index in [0.29, 0.717) is 43.0 Å². The minimum atomic E-state index is -4.52. The van der Waals surface area contributed by atoms with E-state index in [0.717, 1.165) is 12.3 Å². The first-order valence-electron chi connectivity index (χ1n) is 10.1. The van der Waals surface area contributed by atoms with Gasteiger partial charge in [-0.2, -0.15) is 13.2 Å². The van der Waals surface area contributed by atoms with Crippen LogP contribution in [-0.4, -0.2) is 40.9 Å². The van der Waals surface area contributed by atoms with Crippen LogP contribution in [0.5, 0.6) is 0 Å². The lowest BCUT2D eigenvalue weighted by Gasteiger charge is -2.34. The van der Waals surface area contributed by atoms with Crippen molar-refractivity contribution in [3.63, 3.8) is 0 Å². The van der Waals surface area contributed by atoms with E-state index in [2.05, 4.69) is 20.6 Å². The van der Waals surface area contributed by atoms with Crippen molar-refractivity contribution in [3.8, 4) is 0 Å². The molecule has 0 unspecified atom stereocenters. The Labute approximate surface area is 188 Å². The second-order valence-electron chi connectivity index (χ2n) is 7.57. The molecule has 7 nitrogen and oxygen atoms in total. The molecule has 3 heterocycles. The third kappa shape index (κ3) is 5.87. The summed E-state index contributed by atoms with van der Waals surface area (Å²) in [6.07, 6.45) is -2.07. The van der Waals surface area contributed by atoms with Gasteiger partial charge in [0.05, 0.1) is 10.6 Å². The average Bonchev–Trinajstić information content (AvgIpc) is 2.72. The van der Waals surface area contributed by atoms with E-state index in [1.807, 2.05) is 0 Å². The number of pyridine rings is 2. The van der Waals surface area contributed by atoms with Crippen molar-refractivity contribution in [1.82, 2.24) is 15.3 Å². The minimum Gasteiger partial charge on any atom is -0.353 e. The summed E-state index contributed by atoms with van der Waals surface area (Å²) in [6.45, 7) is 4.35. The Bertz CT molecular complexity index is 1020. The van der Waals surface area contributed by atoms with Crippen LogP contribution in [0.3, 0.4) is 0 Å². The van der Waals surface area contributed by atoms with Crippen LogP contribution in [0.15, 0.2) is 24.4 Å². The summed E-state index contributed by atoms with van der Waals surface area (Å²) >= 11 is 6.07. The van der Waals surface area contributed by atoms with Crippen LogP contribution >= 0.6 is 11.6 Å². The van der Waals surface area contributed by atoms with Crippen molar-refractivity contribution in [2.75, 3.05) is 23.3 Å². The molecule has 11 heteroatoms. The average molecular weight is 470 g/mol. The molecular weight excluding hydrogens is 447 g/mol. The molecule has 0 radical (unpaired) electrons. The molecule has 2 aromatic heterocycles. The maximum absolute atomic E-state index is 12.9. The molecule has 0 spiro atoms. The third-order valence-electron chi connectivity index (χ3n) is 5.01. The number of amides is 2. The number of alkyl halides is 3. The molecule has 2 amide bonds. The van der Waals surface area contributed by atoms with Gasteiger partial charge in [0.15, 0.2) is 0 Å². The molecule has 0 aliphatic carbocycles. The lowest BCUT2D eigenvalue weighted by Crippen LogP contribution is -2.48. The van der Waals surface area contributed by atoms with Gasteiger partial charge in [0.1, 0.15) is 11.6 Å². The van der Waals surface area contributed by atoms with Crippen molar-refractivity contribution in [3.05, 3.63) is 46.2 Å². The maximum atomic E-state index is 12.9. The number of aryl methyl sites for hydroxylation is 1. The number of aromatic nitrogens is 2. The van der Waals surface area contributed by atoms with Gasteiger partial charge < -0.3 is 15.5 Å². The molecule has 1 aliphatic rings. The molecule has 1 fully saturated rings. The van der Waals surface area contributed by atoms with Crippen LogP contribution in [0.4, 0.5) is 24.8 Å². The number of nitrogens with one attached hydrogen (secondary N) is 2. The molecule has 2 aromatic rings. The smallest absolute Gasteiger partial charge is 0.353 e. The van der Waals surface area contributed by atoms with Crippen molar-refractivity contribution >= 4 is 35.1 Å². The predicted molar refractivity (Wildman–Crippen MR) is 115 cm³/mol. The van der Waals surface area contributed by atoms with Crippen molar-refractivity contribution < 1.29 is 22.8 Å². The van der Waals surface area contributed by atoms with Crippen LogP contribution in [0.2, 0.25) is 5.02 Å². The Morgan fingerprint density at radius 1 is 1.28 bits per heavy atom. The molecular formula is C21H23ClF3N5O2. The van der Waals surface area contributed by atoms with Gasteiger partial charge >= 0.3 is 6.18 Å². The molecule has 172 valence electrons. The van der Waals surface area contributed by atoms with Crippen LogP contribution in [0.25, 0.3) is 0 Å². The fourth-order valence-electron chi connectivity index (χ4n) is 3.47. The molecule has 3 rings (SSSR count). The highest BCUT2D eigenvalue weighted by atomic mass is 35.5. The van der Waals surface area contributed by atoms with Gasteiger partial charge in [-0.05, 0) is 38.0 Å². The topological polar surface area (TPSA) is 87.2 Å². The van der Waals surface area contributed by atoms with Gasteiger partial charge in [0.2, 0.25) is 5.91 Å². The molecule has 0 saturated carbocycles. The van der Waals surface area contributed by atoms with E-state index in [9.17, 15) is 22.8 Å². The number of carbonyl (C=O) groups is 2. The highest BCUT2D eigenvalue weighted by Crippen LogP contribution is 2.34. The second-order valence-corrected chi connectivity index (χ2v) is 7.98. The number of rotatable bonds is 5. The number of carbonyl (C=O) groups excluding carboxylic acids is 2. The standard InChI is InChI=1S/C21H23ClF3N5O2/c1-3-18(31)29-17-8-13(7-12(2)27-17)20(32)28-15-5-4-6-30(11-15)19-16(22)9-14(10-26-19)21(23,24)25/h7-10,15H,3-6,11H2,1-2H3,(H,28,32)(H,27,29,31)/t15-/m1/s1. The van der Waals surface area contributed by atoms with E-state index in [-0.39, 0.29) is 35.1 Å². The van der Waals surface area contributed by atoms with E-state index < -0.39 is 11.7 Å². The first kappa shape index (κ1) is 23.8. The number of piperidine rings is 1. The van der Waals surface area contributed by atoms with E-state index in [1.165, 1.54) is 6.07 Å². The summed E-state index contributed by atoms with van der Waals surface area (Å²) in [7, 11) is 0. The fraction of sp³-hybridized carbons (Fsp3) is 0.429. The molecule has 2 N–H and O–H groups in total. The van der Waals surface area contributed by atoms with Crippen molar-refractivity contribution in [2.45, 2.75) is 45.3 Å². The Morgan fingerprint density at radius 3 is 2.69 bits per heavy atom. The Morgan fingerprint density at radius 2 is 2.03 bits per heavy atom. The maximum Gasteiger partial charge on any atom is 0.417 e. The predicted octanol–water partition coefficient (Wildman–Crippen LogP) is 4.20. The monoisotopic (exact) mass is 469 g/mol. The number of hydrogen-bond acceptors (Lipinski definition) is 5. The number of nitrogens with zero attached hydrogens (tertiary/aromatic N) is 3. The quantitative estimate of drug-likeness (QED) is 0.685. The Kier molecular flexibility index (Phi) is 7.22. The summed E-state index contributed by atoms with van der Waals surface area (Å²) in [5.41, 5.74) is 0.0221. The zero-order valence-electron chi connectivity index (χ0n) is 17.6. The van der Waals surface area contributed by atoms with E-state index in [4.69, 9.17) is 11.6 Å². The molecule has 32 heavy (non-hydrogen) atoms. The molecule has 0 bridgehead atoms. The van der Waals surface area contributed by atoms with Crippen LogP contribution in [0.1, 0.15) is 47.8 Å². The Hall–Kier alpha value is -2.88. The largest absolute Gasteiger partial charge is 0.417 e. The number of hydrogen-bond donors (Lipinski definition) is 2. The molecule has 1 saturated heterocycles. The first-order valence-corrected chi connectivity index (χ1v) is 10.5. The summed E-state index contributed by atoms with van der Waals surface area (Å²) < 4.78 is 38.6. The third-order valence-corrected chi connectivity index (χ3v) is 5.29. The van der Waals surface area contributed by atoms with Crippen molar-refractivity contribution in [2.24, 2.45) is 0 Å². The van der Waals surface area contributed by atoms with Gasteiger partial charge in [-0.3, -0.25) is 9.59 Å². The molecule has 0 aromatic carbocycles. The van der Waals surface area contributed by atoms with Crippen LogP contribution in [-0.2, 0) is 11.0 Å². The van der Waals surface area contributed by atoms with Gasteiger partial charge in [0.25, 0.3) is 5.91 Å². The van der Waals surface area contributed by atoms with Crippen molar-refractivity contribution in [1.29, 1.82) is 0 Å². The van der Waals surface area contributed by atoms with Gasteiger partial charge in [-0.15, -0.1) is 0 Å². The highest BCUT2D eigenvalue weighted by molar-refractivity contribution is 6.33. The fourth-order valence-corrected chi connectivity index (χ4v) is 3.76. The lowest BCUT2D eigenvalue weighted by atomic mass is 10.0. The second kappa shape index (κ2) is 9.72. The minimum absolute atomic E-state index is 0.0899. The Balaban J connectivity index is 1.70. The zero-order valence-corrected chi connectivity index (χ0v) is 18.3. The van der Waals surface area contributed by atoms with Gasteiger partial charge in [0, 0.05) is 43.0 Å². The first-order chi connectivity index (χ1) is 15.1. The van der Waals surface area contributed by atoms with Gasteiger partial charge in [-0.1, -0.05) is 18.5 Å². The molecule has 1 aliphatic heterocycles. The lowest BCUT2D eigenvalue weighted by molar-refractivity contribution is -0.137. The summed E-state index contributed by atoms with van der Waals surface area (Å²) in [5.74, 6) is 0.00932. The van der Waals surface area contributed by atoms with Crippen LogP contribution in [0, 0.1) is 6.92 Å². The van der Waals surface area contributed by atoms with Gasteiger partial charge in [-0.25, -0.2) is 9.97 Å².